The number of nitrogens with one attached hydrogen (secondary N) is 1. The molecule has 172 valence electrons. The number of nitrogens with zero attached hydrogens (tertiary/aromatic N) is 1. The number of unbranched alkanes of at least 4 members (excludes halogenated alkanes) is 5. The Kier molecular flexibility index (Phi) is 9.66. The minimum absolute atomic E-state index is 0.0339. The van der Waals surface area contributed by atoms with Crippen LogP contribution in [-0.4, -0.2) is 17.6 Å². The number of rotatable bonds is 12. The minimum atomic E-state index is -0.0339. The summed E-state index contributed by atoms with van der Waals surface area (Å²) in [4.78, 5) is 27.0. The SMILES string of the molecule is CCCCCCCCC(=O)Nc1ccc([C@H]2SCC(=O)N2c2ccccc2CCC)cc1. The van der Waals surface area contributed by atoms with Gasteiger partial charge in [-0.05, 0) is 42.2 Å². The molecule has 2 aromatic rings. The molecule has 1 saturated heterocycles. The van der Waals surface area contributed by atoms with E-state index in [1.165, 1.54) is 31.2 Å². The molecule has 1 N–H and O–H groups in total. The molecule has 0 aromatic heterocycles. The van der Waals surface area contributed by atoms with Crippen molar-refractivity contribution in [3.05, 3.63) is 59.7 Å². The van der Waals surface area contributed by atoms with Gasteiger partial charge in [-0.2, -0.15) is 0 Å². The standard InChI is InChI=1S/C27H36N2O2S/c1-3-5-6-7-8-9-15-25(30)28-23-18-16-22(17-19-23)27-29(26(31)20-32-27)24-14-11-10-13-21(24)12-4-2/h10-11,13-14,16-19,27H,3-9,12,15,20H2,1-2H3,(H,28,30)/t27-/m1/s1. The van der Waals surface area contributed by atoms with Gasteiger partial charge in [-0.3, -0.25) is 14.5 Å². The first-order chi connectivity index (χ1) is 15.6. The molecule has 0 radical (unpaired) electrons. The maximum Gasteiger partial charge on any atom is 0.238 e. The van der Waals surface area contributed by atoms with Crippen LogP contribution in [0.25, 0.3) is 0 Å². The predicted octanol–water partition coefficient (Wildman–Crippen LogP) is 7.11. The van der Waals surface area contributed by atoms with Crippen molar-refractivity contribution >= 4 is 35.0 Å². The largest absolute Gasteiger partial charge is 0.326 e. The van der Waals surface area contributed by atoms with Gasteiger partial charge in [-0.1, -0.05) is 82.7 Å². The molecule has 1 heterocycles. The van der Waals surface area contributed by atoms with Crippen molar-refractivity contribution in [2.75, 3.05) is 16.0 Å². The molecular formula is C27H36N2O2S. The van der Waals surface area contributed by atoms with Crippen LogP contribution in [0.2, 0.25) is 0 Å². The Morgan fingerprint density at radius 2 is 1.69 bits per heavy atom. The Hall–Kier alpha value is -2.27. The van der Waals surface area contributed by atoms with Gasteiger partial charge in [0.1, 0.15) is 5.37 Å². The number of hydrogen-bond acceptors (Lipinski definition) is 3. The summed E-state index contributed by atoms with van der Waals surface area (Å²) >= 11 is 1.66. The summed E-state index contributed by atoms with van der Waals surface area (Å²) in [6, 6.07) is 16.2. The van der Waals surface area contributed by atoms with Crippen LogP contribution < -0.4 is 10.2 Å². The highest BCUT2D eigenvalue weighted by atomic mass is 32.2. The van der Waals surface area contributed by atoms with Crippen LogP contribution in [0.15, 0.2) is 48.5 Å². The monoisotopic (exact) mass is 452 g/mol. The van der Waals surface area contributed by atoms with Gasteiger partial charge in [0.25, 0.3) is 0 Å². The average molecular weight is 453 g/mol. The number of thioether (sulfide) groups is 1. The topological polar surface area (TPSA) is 49.4 Å². The molecule has 1 atom stereocenters. The van der Waals surface area contributed by atoms with E-state index >= 15 is 0 Å². The van der Waals surface area contributed by atoms with Crippen LogP contribution in [0.5, 0.6) is 0 Å². The van der Waals surface area contributed by atoms with Crippen LogP contribution in [0, 0.1) is 0 Å². The normalized spacial score (nSPS) is 15.9. The van der Waals surface area contributed by atoms with E-state index < -0.39 is 0 Å². The summed E-state index contributed by atoms with van der Waals surface area (Å²) in [6.07, 6.45) is 9.65. The Labute approximate surface area is 197 Å². The van der Waals surface area contributed by atoms with Crippen LogP contribution in [-0.2, 0) is 16.0 Å². The van der Waals surface area contributed by atoms with Gasteiger partial charge in [0.05, 0.1) is 5.75 Å². The zero-order chi connectivity index (χ0) is 22.8. The van der Waals surface area contributed by atoms with Gasteiger partial charge in [0.15, 0.2) is 0 Å². The number of para-hydroxylation sites is 1. The third-order valence-corrected chi connectivity index (χ3v) is 7.09. The van der Waals surface area contributed by atoms with Crippen molar-refractivity contribution in [2.24, 2.45) is 0 Å². The van der Waals surface area contributed by atoms with E-state index in [1.54, 1.807) is 11.8 Å². The van der Waals surface area contributed by atoms with Crippen molar-refractivity contribution in [3.63, 3.8) is 0 Å². The highest BCUT2D eigenvalue weighted by Gasteiger charge is 2.34. The van der Waals surface area contributed by atoms with Crippen LogP contribution in [0.3, 0.4) is 0 Å². The minimum Gasteiger partial charge on any atom is -0.326 e. The summed E-state index contributed by atoms with van der Waals surface area (Å²) in [5, 5.41) is 2.98. The van der Waals surface area contributed by atoms with Crippen LogP contribution in [0.1, 0.15) is 81.7 Å². The molecule has 0 bridgehead atoms. The van der Waals surface area contributed by atoms with E-state index in [2.05, 4.69) is 31.3 Å². The Morgan fingerprint density at radius 3 is 2.44 bits per heavy atom. The number of aryl methyl sites for hydroxylation is 1. The first-order valence-corrected chi connectivity index (χ1v) is 13.1. The molecule has 2 amide bonds. The van der Waals surface area contributed by atoms with Gasteiger partial charge in [0, 0.05) is 17.8 Å². The van der Waals surface area contributed by atoms with Gasteiger partial charge in [-0.25, -0.2) is 0 Å². The maximum absolute atomic E-state index is 12.8. The zero-order valence-corrected chi connectivity index (χ0v) is 20.3. The quantitative estimate of drug-likeness (QED) is 0.349. The fourth-order valence-corrected chi connectivity index (χ4v) is 5.35. The molecule has 2 aromatic carbocycles. The summed E-state index contributed by atoms with van der Waals surface area (Å²) in [5.41, 5.74) is 4.14. The second-order valence-corrected chi connectivity index (χ2v) is 9.56. The number of hydrogen-bond donors (Lipinski definition) is 1. The number of carbonyl (C=O) groups is 2. The molecule has 1 fully saturated rings. The Morgan fingerprint density at radius 1 is 0.969 bits per heavy atom. The molecule has 0 spiro atoms. The van der Waals surface area contributed by atoms with E-state index in [4.69, 9.17) is 0 Å². The molecule has 1 aliphatic rings. The molecule has 0 aliphatic carbocycles. The second-order valence-electron chi connectivity index (χ2n) is 8.49. The number of anilines is 2. The lowest BCUT2D eigenvalue weighted by Gasteiger charge is -2.26. The summed E-state index contributed by atoms with van der Waals surface area (Å²) in [5.74, 6) is 0.718. The van der Waals surface area contributed by atoms with Crippen molar-refractivity contribution < 1.29 is 9.59 Å². The zero-order valence-electron chi connectivity index (χ0n) is 19.4. The van der Waals surface area contributed by atoms with E-state index in [0.29, 0.717) is 12.2 Å². The highest BCUT2D eigenvalue weighted by molar-refractivity contribution is 8.00. The lowest BCUT2D eigenvalue weighted by Crippen LogP contribution is -2.28. The summed E-state index contributed by atoms with van der Waals surface area (Å²) in [6.45, 7) is 4.37. The lowest BCUT2D eigenvalue weighted by atomic mass is 10.1. The molecular weight excluding hydrogens is 416 g/mol. The Bertz CT molecular complexity index is 881. The molecule has 0 saturated carbocycles. The molecule has 5 heteroatoms. The summed E-state index contributed by atoms with van der Waals surface area (Å²) < 4.78 is 0. The van der Waals surface area contributed by atoms with Crippen LogP contribution >= 0.6 is 11.8 Å². The third-order valence-electron chi connectivity index (χ3n) is 5.88. The highest BCUT2D eigenvalue weighted by Crippen LogP contribution is 2.43. The second kappa shape index (κ2) is 12.7. The van der Waals surface area contributed by atoms with Gasteiger partial charge in [0.2, 0.25) is 11.8 Å². The van der Waals surface area contributed by atoms with E-state index in [1.807, 2.05) is 41.3 Å². The number of benzene rings is 2. The van der Waals surface area contributed by atoms with Gasteiger partial charge in [-0.15, -0.1) is 11.8 Å². The molecule has 0 unspecified atom stereocenters. The number of amides is 2. The summed E-state index contributed by atoms with van der Waals surface area (Å²) in [7, 11) is 0. The molecule has 4 nitrogen and oxygen atoms in total. The van der Waals surface area contributed by atoms with E-state index in [-0.39, 0.29) is 17.2 Å². The van der Waals surface area contributed by atoms with E-state index in [0.717, 1.165) is 42.6 Å². The predicted molar refractivity (Wildman–Crippen MR) is 136 cm³/mol. The van der Waals surface area contributed by atoms with Crippen molar-refractivity contribution in [1.82, 2.24) is 0 Å². The van der Waals surface area contributed by atoms with E-state index in [9.17, 15) is 9.59 Å². The Balaban J connectivity index is 1.60. The van der Waals surface area contributed by atoms with Gasteiger partial charge < -0.3 is 5.32 Å². The molecule has 1 aliphatic heterocycles. The average Bonchev–Trinajstić information content (AvgIpc) is 3.18. The van der Waals surface area contributed by atoms with Crippen molar-refractivity contribution in [3.8, 4) is 0 Å². The van der Waals surface area contributed by atoms with Gasteiger partial charge >= 0.3 is 0 Å². The third kappa shape index (κ3) is 6.61. The fourth-order valence-electron chi connectivity index (χ4n) is 4.18. The fraction of sp³-hybridized carbons (Fsp3) is 0.481. The first kappa shape index (κ1) is 24.4. The maximum atomic E-state index is 12.8. The van der Waals surface area contributed by atoms with Crippen molar-refractivity contribution in [2.45, 2.75) is 77.0 Å². The van der Waals surface area contributed by atoms with Crippen molar-refractivity contribution in [1.29, 1.82) is 0 Å². The lowest BCUT2D eigenvalue weighted by molar-refractivity contribution is -0.116. The molecule has 3 rings (SSSR count). The number of carbonyl (C=O) groups excluding carboxylic acids is 2. The first-order valence-electron chi connectivity index (χ1n) is 12.1. The van der Waals surface area contributed by atoms with Crippen LogP contribution in [0.4, 0.5) is 11.4 Å². The smallest absolute Gasteiger partial charge is 0.238 e. The molecule has 32 heavy (non-hydrogen) atoms.